The average Bonchev–Trinajstić information content (AvgIpc) is 2.99. The summed E-state index contributed by atoms with van der Waals surface area (Å²) in [5, 5.41) is 6.90. The van der Waals surface area contributed by atoms with Crippen LogP contribution in [0, 0.1) is 13.8 Å². The third-order valence-corrected chi connectivity index (χ3v) is 3.94. The maximum atomic E-state index is 12.6. The van der Waals surface area contributed by atoms with E-state index < -0.39 is 0 Å². The molecule has 0 unspecified atom stereocenters. The molecule has 0 fully saturated rings. The van der Waals surface area contributed by atoms with Crippen LogP contribution >= 0.6 is 0 Å². The van der Waals surface area contributed by atoms with E-state index in [-0.39, 0.29) is 5.91 Å². The van der Waals surface area contributed by atoms with Crippen LogP contribution in [0.25, 0.3) is 11.3 Å². The van der Waals surface area contributed by atoms with Gasteiger partial charge in [0, 0.05) is 24.5 Å². The summed E-state index contributed by atoms with van der Waals surface area (Å²) in [5.74, 6) is 0.338. The fourth-order valence-corrected chi connectivity index (χ4v) is 2.61. The van der Waals surface area contributed by atoms with Crippen LogP contribution in [-0.2, 0) is 6.42 Å². The highest BCUT2D eigenvalue weighted by molar-refractivity contribution is 6.00. The van der Waals surface area contributed by atoms with Crippen molar-refractivity contribution in [2.24, 2.45) is 0 Å². The van der Waals surface area contributed by atoms with Crippen LogP contribution in [0.1, 0.15) is 27.2 Å². The van der Waals surface area contributed by atoms with E-state index in [9.17, 15) is 4.79 Å². The molecule has 1 amide bonds. The van der Waals surface area contributed by atoms with E-state index in [2.05, 4.69) is 15.5 Å². The lowest BCUT2D eigenvalue weighted by Crippen LogP contribution is -2.26. The topological polar surface area (TPSA) is 68.0 Å². The largest absolute Gasteiger partial charge is 0.355 e. The van der Waals surface area contributed by atoms with E-state index in [0.29, 0.717) is 23.6 Å². The zero-order valence-corrected chi connectivity index (χ0v) is 13.7. The van der Waals surface area contributed by atoms with Crippen molar-refractivity contribution in [3.8, 4) is 11.3 Å². The summed E-state index contributed by atoms with van der Waals surface area (Å²) < 4.78 is 5.37. The first-order chi connectivity index (χ1) is 11.7. The number of pyridine rings is 1. The Morgan fingerprint density at radius 2 is 1.96 bits per heavy atom. The smallest absolute Gasteiger partial charge is 0.257 e. The number of amides is 1. The number of aryl methyl sites for hydroxylation is 2. The molecule has 1 N–H and O–H groups in total. The van der Waals surface area contributed by atoms with Gasteiger partial charge in [0.1, 0.15) is 5.56 Å². The van der Waals surface area contributed by atoms with Crippen LogP contribution in [0.4, 0.5) is 0 Å². The zero-order valence-electron chi connectivity index (χ0n) is 13.7. The van der Waals surface area contributed by atoms with Crippen LogP contribution < -0.4 is 5.32 Å². The molecular formula is C19H19N3O2. The molecule has 122 valence electrons. The maximum Gasteiger partial charge on any atom is 0.257 e. The van der Waals surface area contributed by atoms with Crippen molar-refractivity contribution < 1.29 is 9.32 Å². The van der Waals surface area contributed by atoms with Crippen molar-refractivity contribution in [3.05, 3.63) is 71.2 Å². The third kappa shape index (κ3) is 3.35. The number of hydrogen-bond donors (Lipinski definition) is 1. The predicted molar refractivity (Wildman–Crippen MR) is 91.7 cm³/mol. The number of rotatable bonds is 5. The Bertz CT molecular complexity index is 841. The number of benzene rings is 1. The van der Waals surface area contributed by atoms with Crippen LogP contribution in [0.3, 0.4) is 0 Å². The first-order valence-corrected chi connectivity index (χ1v) is 7.86. The average molecular weight is 321 g/mol. The highest BCUT2D eigenvalue weighted by Crippen LogP contribution is 2.25. The summed E-state index contributed by atoms with van der Waals surface area (Å²) in [6.45, 7) is 4.34. The molecule has 0 radical (unpaired) electrons. The highest BCUT2D eigenvalue weighted by Gasteiger charge is 2.21. The Labute approximate surface area is 140 Å². The molecular weight excluding hydrogens is 302 g/mol. The Kier molecular flexibility index (Phi) is 4.70. The molecule has 2 heterocycles. The Morgan fingerprint density at radius 3 is 2.71 bits per heavy atom. The molecule has 3 aromatic rings. The second-order valence-electron chi connectivity index (χ2n) is 5.65. The van der Waals surface area contributed by atoms with E-state index in [4.69, 9.17) is 4.52 Å². The van der Waals surface area contributed by atoms with Gasteiger partial charge in [-0.15, -0.1) is 0 Å². The first kappa shape index (κ1) is 15.9. The molecule has 24 heavy (non-hydrogen) atoms. The van der Waals surface area contributed by atoms with E-state index >= 15 is 0 Å². The van der Waals surface area contributed by atoms with Gasteiger partial charge >= 0.3 is 0 Å². The summed E-state index contributed by atoms with van der Waals surface area (Å²) in [6.07, 6.45) is 4.35. The second-order valence-corrected chi connectivity index (χ2v) is 5.65. The molecule has 0 atom stereocenters. The minimum atomic E-state index is -0.167. The van der Waals surface area contributed by atoms with Gasteiger partial charge in [-0.05, 0) is 37.5 Å². The van der Waals surface area contributed by atoms with Crippen molar-refractivity contribution in [1.29, 1.82) is 0 Å². The van der Waals surface area contributed by atoms with Crippen molar-refractivity contribution in [2.45, 2.75) is 20.3 Å². The Morgan fingerprint density at radius 1 is 1.17 bits per heavy atom. The fraction of sp³-hybridized carbons (Fsp3) is 0.211. The van der Waals surface area contributed by atoms with Gasteiger partial charge in [0.05, 0.1) is 5.69 Å². The second kappa shape index (κ2) is 7.08. The number of carbonyl (C=O) groups is 1. The summed E-state index contributed by atoms with van der Waals surface area (Å²) in [4.78, 5) is 16.6. The molecule has 0 saturated heterocycles. The molecule has 0 aliphatic carbocycles. The molecule has 0 saturated carbocycles. The fourth-order valence-electron chi connectivity index (χ4n) is 2.61. The van der Waals surface area contributed by atoms with Gasteiger partial charge in [0.2, 0.25) is 0 Å². The van der Waals surface area contributed by atoms with Gasteiger partial charge in [-0.25, -0.2) is 0 Å². The molecule has 0 bridgehead atoms. The normalized spacial score (nSPS) is 10.6. The minimum absolute atomic E-state index is 0.167. The first-order valence-electron chi connectivity index (χ1n) is 7.86. The number of aromatic nitrogens is 2. The minimum Gasteiger partial charge on any atom is -0.355 e. The lowest BCUT2D eigenvalue weighted by molar-refractivity contribution is 0.0954. The van der Waals surface area contributed by atoms with Crippen LogP contribution in [0.5, 0.6) is 0 Å². The summed E-state index contributed by atoms with van der Waals surface area (Å²) >= 11 is 0. The molecule has 1 aromatic carbocycles. The van der Waals surface area contributed by atoms with Crippen molar-refractivity contribution in [2.75, 3.05) is 6.54 Å². The van der Waals surface area contributed by atoms with E-state index in [1.54, 1.807) is 13.1 Å². The maximum absolute atomic E-state index is 12.6. The van der Waals surface area contributed by atoms with Gasteiger partial charge in [-0.3, -0.25) is 9.78 Å². The number of carbonyl (C=O) groups excluding carboxylic acids is 1. The molecule has 0 spiro atoms. The van der Waals surface area contributed by atoms with Crippen molar-refractivity contribution >= 4 is 5.91 Å². The van der Waals surface area contributed by atoms with Crippen molar-refractivity contribution in [3.63, 3.8) is 0 Å². The number of nitrogens with zero attached hydrogens (tertiary/aromatic N) is 2. The summed E-state index contributed by atoms with van der Waals surface area (Å²) in [7, 11) is 0. The van der Waals surface area contributed by atoms with Crippen LogP contribution in [0.2, 0.25) is 0 Å². The van der Waals surface area contributed by atoms with Gasteiger partial charge in [0.25, 0.3) is 5.91 Å². The molecule has 0 aliphatic heterocycles. The van der Waals surface area contributed by atoms with E-state index in [1.807, 2.05) is 49.5 Å². The Hall–Kier alpha value is -2.95. The van der Waals surface area contributed by atoms with Crippen LogP contribution in [-0.4, -0.2) is 22.6 Å². The quantitative estimate of drug-likeness (QED) is 0.782. The number of hydrogen-bond acceptors (Lipinski definition) is 4. The highest BCUT2D eigenvalue weighted by atomic mass is 16.5. The molecule has 5 heteroatoms. The van der Waals surface area contributed by atoms with Crippen LogP contribution in [0.15, 0.2) is 53.3 Å². The number of nitrogens with one attached hydrogen (secondary N) is 1. The molecule has 2 aromatic heterocycles. The molecule has 3 rings (SSSR count). The third-order valence-electron chi connectivity index (χ3n) is 3.94. The lowest BCUT2D eigenvalue weighted by Gasteiger charge is -2.07. The Balaban J connectivity index is 1.72. The summed E-state index contributed by atoms with van der Waals surface area (Å²) in [6, 6.07) is 11.5. The molecule has 0 aliphatic rings. The lowest BCUT2D eigenvalue weighted by atomic mass is 10.1. The van der Waals surface area contributed by atoms with Crippen molar-refractivity contribution in [1.82, 2.24) is 15.5 Å². The SMILES string of the molecule is Cc1cnccc1CCNC(=O)c1c(C)noc1-c1ccccc1. The predicted octanol–water partition coefficient (Wildman–Crippen LogP) is 3.33. The monoisotopic (exact) mass is 321 g/mol. The standard InChI is InChI=1S/C19H19N3O2/c1-13-12-20-10-8-15(13)9-11-21-19(23)17-14(2)22-24-18(17)16-6-4-3-5-7-16/h3-8,10,12H,9,11H2,1-2H3,(H,21,23). The summed E-state index contributed by atoms with van der Waals surface area (Å²) in [5.41, 5.74) is 4.22. The van der Waals surface area contributed by atoms with Gasteiger partial charge in [-0.2, -0.15) is 0 Å². The molecule has 5 nitrogen and oxygen atoms in total. The zero-order chi connectivity index (χ0) is 16.9. The van der Waals surface area contributed by atoms with E-state index in [0.717, 1.165) is 17.5 Å². The van der Waals surface area contributed by atoms with Gasteiger partial charge in [-0.1, -0.05) is 35.5 Å². The van der Waals surface area contributed by atoms with Gasteiger partial charge in [0.15, 0.2) is 5.76 Å². The van der Waals surface area contributed by atoms with Gasteiger partial charge < -0.3 is 9.84 Å². The van der Waals surface area contributed by atoms with E-state index in [1.165, 1.54) is 5.56 Å².